The van der Waals surface area contributed by atoms with E-state index in [1.165, 1.54) is 154 Å². The van der Waals surface area contributed by atoms with E-state index in [0.717, 1.165) is 38.2 Å². The second-order valence-electron chi connectivity index (χ2n) is 14.3. The fourth-order valence-corrected chi connectivity index (χ4v) is 6.55. The molecule has 1 fully saturated rings. The van der Waals surface area contributed by atoms with Crippen molar-refractivity contribution in [3.8, 4) is 0 Å². The van der Waals surface area contributed by atoms with Crippen molar-refractivity contribution in [1.82, 2.24) is 4.90 Å². The van der Waals surface area contributed by atoms with Crippen LogP contribution < -0.4 is 0 Å². The Bertz CT molecular complexity index is 726. The minimum absolute atomic E-state index is 0.269. The van der Waals surface area contributed by atoms with Crippen LogP contribution in [-0.4, -0.2) is 49.8 Å². The van der Waals surface area contributed by atoms with Gasteiger partial charge in [-0.3, -0.25) is 0 Å². The summed E-state index contributed by atoms with van der Waals surface area (Å²) in [5, 5.41) is 0. The molecule has 1 heterocycles. The molecule has 0 bridgehead atoms. The molecular formula is C43H79NO2S. The average Bonchev–Trinajstić information content (AvgIpc) is 3.47. The van der Waals surface area contributed by atoms with Crippen molar-refractivity contribution in [3.05, 3.63) is 48.6 Å². The van der Waals surface area contributed by atoms with Crippen molar-refractivity contribution in [1.29, 1.82) is 0 Å². The van der Waals surface area contributed by atoms with Gasteiger partial charge in [0.2, 0.25) is 0 Å². The van der Waals surface area contributed by atoms with E-state index in [-0.39, 0.29) is 11.9 Å². The maximum atomic E-state index is 6.70. The van der Waals surface area contributed by atoms with E-state index in [4.69, 9.17) is 9.47 Å². The zero-order valence-electron chi connectivity index (χ0n) is 31.6. The smallest absolute Gasteiger partial charge is 0.168 e. The number of unbranched alkanes of at least 4 members (excludes halogenated alkanes) is 17. The highest BCUT2D eigenvalue weighted by molar-refractivity contribution is 7.80. The minimum atomic E-state index is -0.333. The average molecular weight is 674 g/mol. The van der Waals surface area contributed by atoms with E-state index < -0.39 is 0 Å². The van der Waals surface area contributed by atoms with Gasteiger partial charge in [-0.15, -0.1) is 0 Å². The van der Waals surface area contributed by atoms with Gasteiger partial charge in [-0.25, -0.2) is 0 Å². The van der Waals surface area contributed by atoms with Crippen LogP contribution in [-0.2, 0) is 9.47 Å². The minimum Gasteiger partial charge on any atom is -0.347 e. The molecule has 0 aromatic rings. The SMILES string of the molecule is CCCCC/C=C\CCCC/C=C\CCCCCC1(CCCCC/C=C\CCCC/C=C\CCCCS)OCC(CCCN(C)C)O1. The van der Waals surface area contributed by atoms with Crippen LogP contribution >= 0.6 is 12.6 Å². The molecule has 1 saturated heterocycles. The number of nitrogens with zero attached hydrogens (tertiary/aromatic N) is 1. The van der Waals surface area contributed by atoms with Gasteiger partial charge >= 0.3 is 0 Å². The quantitative estimate of drug-likeness (QED) is 0.0417. The molecule has 0 radical (unpaired) electrons. The summed E-state index contributed by atoms with van der Waals surface area (Å²) in [7, 11) is 4.31. The summed E-state index contributed by atoms with van der Waals surface area (Å²) < 4.78 is 13.2. The van der Waals surface area contributed by atoms with E-state index in [9.17, 15) is 0 Å². The highest BCUT2D eigenvalue weighted by atomic mass is 32.1. The first-order valence-corrected chi connectivity index (χ1v) is 20.9. The predicted molar refractivity (Wildman–Crippen MR) is 213 cm³/mol. The molecule has 1 rings (SSSR count). The number of ether oxygens (including phenoxy) is 2. The monoisotopic (exact) mass is 674 g/mol. The lowest BCUT2D eigenvalue weighted by Crippen LogP contribution is -2.31. The second-order valence-corrected chi connectivity index (χ2v) is 14.7. The molecule has 0 N–H and O–H groups in total. The van der Waals surface area contributed by atoms with Crippen LogP contribution in [0.25, 0.3) is 0 Å². The number of allylic oxidation sites excluding steroid dienone is 8. The van der Waals surface area contributed by atoms with Gasteiger partial charge in [-0.05, 0) is 161 Å². The molecule has 0 spiro atoms. The summed E-state index contributed by atoms with van der Waals surface area (Å²) in [5.41, 5.74) is 0. The highest BCUT2D eigenvalue weighted by Gasteiger charge is 2.40. The van der Waals surface area contributed by atoms with E-state index in [2.05, 4.69) is 87.2 Å². The maximum absolute atomic E-state index is 6.70. The lowest BCUT2D eigenvalue weighted by atomic mass is 9.99. The lowest BCUT2D eigenvalue weighted by Gasteiger charge is -2.28. The van der Waals surface area contributed by atoms with Crippen LogP contribution in [0.15, 0.2) is 48.6 Å². The molecule has 47 heavy (non-hydrogen) atoms. The first-order chi connectivity index (χ1) is 23.1. The molecule has 0 amide bonds. The van der Waals surface area contributed by atoms with Gasteiger partial charge in [-0.1, -0.05) is 81.2 Å². The number of thiol groups is 1. The van der Waals surface area contributed by atoms with Gasteiger partial charge in [0.1, 0.15) is 0 Å². The molecule has 274 valence electrons. The molecule has 1 aliphatic rings. The van der Waals surface area contributed by atoms with Gasteiger partial charge in [0, 0.05) is 12.8 Å². The molecule has 1 aliphatic heterocycles. The molecule has 0 aliphatic carbocycles. The van der Waals surface area contributed by atoms with E-state index >= 15 is 0 Å². The maximum Gasteiger partial charge on any atom is 0.168 e. The van der Waals surface area contributed by atoms with Crippen LogP contribution in [0.5, 0.6) is 0 Å². The summed E-state index contributed by atoms with van der Waals surface area (Å²) >= 11 is 4.28. The van der Waals surface area contributed by atoms with Gasteiger partial charge in [0.05, 0.1) is 12.7 Å². The fourth-order valence-electron chi connectivity index (χ4n) is 6.33. The Labute approximate surface area is 299 Å². The molecule has 2 unspecified atom stereocenters. The largest absolute Gasteiger partial charge is 0.347 e. The number of rotatable bonds is 34. The van der Waals surface area contributed by atoms with Crippen molar-refractivity contribution in [2.75, 3.05) is 33.0 Å². The van der Waals surface area contributed by atoms with Gasteiger partial charge < -0.3 is 14.4 Å². The van der Waals surface area contributed by atoms with Crippen LogP contribution in [0.4, 0.5) is 0 Å². The Hall–Kier alpha value is -0.810. The van der Waals surface area contributed by atoms with E-state index in [1.54, 1.807) is 0 Å². The molecule has 0 saturated carbocycles. The van der Waals surface area contributed by atoms with Crippen molar-refractivity contribution in [3.63, 3.8) is 0 Å². The van der Waals surface area contributed by atoms with E-state index in [1.807, 2.05) is 0 Å². The Morgan fingerprint density at radius 3 is 1.36 bits per heavy atom. The fraction of sp³-hybridized carbons (Fsp3) is 0.814. The van der Waals surface area contributed by atoms with Crippen molar-refractivity contribution in [2.45, 2.75) is 192 Å². The van der Waals surface area contributed by atoms with Gasteiger partial charge in [0.25, 0.3) is 0 Å². The third-order valence-corrected chi connectivity index (χ3v) is 9.62. The Balaban J connectivity index is 2.21. The zero-order valence-corrected chi connectivity index (χ0v) is 32.5. The molecule has 3 nitrogen and oxygen atoms in total. The van der Waals surface area contributed by atoms with Crippen LogP contribution in [0.3, 0.4) is 0 Å². The third-order valence-electron chi connectivity index (χ3n) is 9.31. The Morgan fingerprint density at radius 1 is 0.553 bits per heavy atom. The Morgan fingerprint density at radius 2 is 0.957 bits per heavy atom. The first kappa shape index (κ1) is 44.2. The summed E-state index contributed by atoms with van der Waals surface area (Å²) in [5.74, 6) is 0.679. The van der Waals surface area contributed by atoms with Crippen LogP contribution in [0.1, 0.15) is 180 Å². The first-order valence-electron chi connectivity index (χ1n) is 20.3. The van der Waals surface area contributed by atoms with Crippen molar-refractivity contribution in [2.24, 2.45) is 0 Å². The third kappa shape index (κ3) is 28.7. The number of hydrogen-bond acceptors (Lipinski definition) is 4. The molecule has 0 aromatic carbocycles. The Kier molecular flexibility index (Phi) is 31.7. The summed E-state index contributed by atoms with van der Waals surface area (Å²) in [6.45, 7) is 4.17. The number of hydrogen-bond donors (Lipinski definition) is 1. The van der Waals surface area contributed by atoms with E-state index in [0.29, 0.717) is 0 Å². The molecular weight excluding hydrogens is 595 g/mol. The second kappa shape index (κ2) is 33.7. The highest BCUT2D eigenvalue weighted by Crippen LogP contribution is 2.36. The lowest BCUT2D eigenvalue weighted by molar-refractivity contribution is -0.180. The topological polar surface area (TPSA) is 21.7 Å². The van der Waals surface area contributed by atoms with Crippen molar-refractivity contribution < 1.29 is 9.47 Å². The summed E-state index contributed by atoms with van der Waals surface area (Å²) in [6.07, 6.45) is 52.9. The molecule has 0 aromatic heterocycles. The zero-order chi connectivity index (χ0) is 33.9. The molecule has 2 atom stereocenters. The van der Waals surface area contributed by atoms with Gasteiger partial charge in [0.15, 0.2) is 5.79 Å². The standard InChI is InChI=1S/C43H79NO2S/c1-4-5-6-7-8-9-10-11-12-14-17-20-23-26-29-32-37-43(45-41-42(46-43)36-35-39-44(2)3)38-33-30-27-24-21-18-15-13-16-19-22-25-28-31-34-40-47/h8-9,17-18,20-22,25,42,47H,4-7,10-16,19,23-24,26-41H2,1-3H3/b9-8-,20-17-,21-18-,25-22-. The predicted octanol–water partition coefficient (Wildman–Crippen LogP) is 13.4. The van der Waals surface area contributed by atoms with Crippen molar-refractivity contribution >= 4 is 12.6 Å². The normalized spacial score (nSPS) is 18.9. The summed E-state index contributed by atoms with van der Waals surface area (Å²) in [6, 6.07) is 0. The van der Waals surface area contributed by atoms with Gasteiger partial charge in [-0.2, -0.15) is 12.6 Å². The van der Waals surface area contributed by atoms with Crippen LogP contribution in [0.2, 0.25) is 0 Å². The molecule has 4 heteroatoms. The van der Waals surface area contributed by atoms with Crippen LogP contribution in [0, 0.1) is 0 Å². The summed E-state index contributed by atoms with van der Waals surface area (Å²) in [4.78, 5) is 2.27.